The molecule has 0 amide bonds. The minimum Gasteiger partial charge on any atom is -0.293 e. The maximum atomic E-state index is 13.4. The van der Waals surface area contributed by atoms with Crippen LogP contribution in [-0.4, -0.2) is 59.6 Å². The van der Waals surface area contributed by atoms with E-state index in [-0.39, 0.29) is 23.7 Å². The number of nitrogens with zero attached hydrogens (tertiary/aromatic N) is 2. The van der Waals surface area contributed by atoms with Gasteiger partial charge in [0.05, 0.1) is 12.1 Å². The van der Waals surface area contributed by atoms with Gasteiger partial charge in [0.15, 0.2) is 11.6 Å². The smallest absolute Gasteiger partial charge is 0.179 e. The number of carbonyl (C=O) groups excluding carboxylic acids is 2. The van der Waals surface area contributed by atoms with E-state index in [0.29, 0.717) is 0 Å². The molecule has 0 saturated carbocycles. The number of likely N-dealkylation sites (tertiary alicyclic amines) is 2. The van der Waals surface area contributed by atoms with Crippen molar-refractivity contribution in [3.63, 3.8) is 0 Å². The SMILES string of the molecule is O=C(c1ccccc1)[C@@H](CCCC[C@@H](C(=O)c1ccccc1)N1CCCCC1)N1CCCCC1. The van der Waals surface area contributed by atoms with Crippen LogP contribution >= 0.6 is 0 Å². The summed E-state index contributed by atoms with van der Waals surface area (Å²) >= 11 is 0. The van der Waals surface area contributed by atoms with E-state index in [0.717, 1.165) is 63.0 Å². The van der Waals surface area contributed by atoms with E-state index in [4.69, 9.17) is 0 Å². The van der Waals surface area contributed by atoms with Crippen LogP contribution in [0.5, 0.6) is 0 Å². The quantitative estimate of drug-likeness (QED) is 0.304. The second-order valence-corrected chi connectivity index (χ2v) is 9.97. The highest BCUT2D eigenvalue weighted by molar-refractivity contribution is 6.00. The molecule has 2 atom stereocenters. The zero-order chi connectivity index (χ0) is 23.6. The van der Waals surface area contributed by atoms with E-state index in [1.807, 2.05) is 60.7 Å². The van der Waals surface area contributed by atoms with Gasteiger partial charge in [-0.3, -0.25) is 19.4 Å². The van der Waals surface area contributed by atoms with Crippen molar-refractivity contribution in [2.24, 2.45) is 0 Å². The number of benzene rings is 2. The third kappa shape index (κ3) is 6.64. The van der Waals surface area contributed by atoms with E-state index in [1.165, 1.54) is 38.5 Å². The molecule has 2 aromatic rings. The average molecular weight is 461 g/mol. The summed E-state index contributed by atoms with van der Waals surface area (Å²) in [5.74, 6) is 0.519. The molecule has 4 rings (SSSR count). The third-order valence-electron chi connectivity index (χ3n) is 7.59. The monoisotopic (exact) mass is 460 g/mol. The molecule has 0 bridgehead atoms. The molecule has 182 valence electrons. The van der Waals surface area contributed by atoms with Gasteiger partial charge >= 0.3 is 0 Å². The largest absolute Gasteiger partial charge is 0.293 e. The first kappa shape index (κ1) is 24.8. The lowest BCUT2D eigenvalue weighted by Gasteiger charge is -2.35. The zero-order valence-electron chi connectivity index (χ0n) is 20.5. The molecule has 0 N–H and O–H groups in total. The Morgan fingerprint density at radius 3 is 1.26 bits per heavy atom. The van der Waals surface area contributed by atoms with Crippen LogP contribution in [0.1, 0.15) is 84.9 Å². The molecule has 0 radical (unpaired) electrons. The van der Waals surface area contributed by atoms with Gasteiger partial charge in [0, 0.05) is 11.1 Å². The Kier molecular flexibility index (Phi) is 9.46. The average Bonchev–Trinajstić information content (AvgIpc) is 2.92. The topological polar surface area (TPSA) is 40.6 Å². The van der Waals surface area contributed by atoms with Gasteiger partial charge < -0.3 is 0 Å². The fraction of sp³-hybridized carbons (Fsp3) is 0.533. The molecule has 0 unspecified atom stereocenters. The summed E-state index contributed by atoms with van der Waals surface area (Å²) < 4.78 is 0. The number of carbonyl (C=O) groups is 2. The number of piperidine rings is 2. The summed E-state index contributed by atoms with van der Waals surface area (Å²) in [6.45, 7) is 4.08. The number of unbranched alkanes of at least 4 members (excludes halogenated alkanes) is 1. The molecular formula is C30H40N2O2. The van der Waals surface area contributed by atoms with Crippen LogP contribution in [0.3, 0.4) is 0 Å². The minimum atomic E-state index is -0.0408. The standard InChI is InChI=1S/C30H40N2O2/c33-29(25-15-5-1-6-16-25)27(31-21-11-3-12-22-31)19-9-10-20-28(32-23-13-4-14-24-32)30(34)26-17-7-2-8-18-26/h1-2,5-8,15-18,27-28H,3-4,9-14,19-24H2/t27-,28+. The lowest BCUT2D eigenvalue weighted by atomic mass is 9.92. The van der Waals surface area contributed by atoms with E-state index in [1.54, 1.807) is 0 Å². The molecule has 2 aliphatic heterocycles. The summed E-state index contributed by atoms with van der Waals surface area (Å²) in [4.78, 5) is 31.6. The van der Waals surface area contributed by atoms with Crippen molar-refractivity contribution in [3.05, 3.63) is 71.8 Å². The van der Waals surface area contributed by atoms with Gasteiger partial charge in [0.1, 0.15) is 0 Å². The molecule has 2 aliphatic rings. The predicted octanol–water partition coefficient (Wildman–Crippen LogP) is 6.02. The van der Waals surface area contributed by atoms with Crippen LogP contribution in [0.15, 0.2) is 60.7 Å². The molecule has 34 heavy (non-hydrogen) atoms. The highest BCUT2D eigenvalue weighted by atomic mass is 16.1. The van der Waals surface area contributed by atoms with Crippen LogP contribution in [0, 0.1) is 0 Å². The number of rotatable bonds is 11. The van der Waals surface area contributed by atoms with Crippen molar-refractivity contribution in [3.8, 4) is 0 Å². The summed E-state index contributed by atoms with van der Waals surface area (Å²) in [5, 5.41) is 0. The number of ketones is 2. The Morgan fingerprint density at radius 1 is 0.559 bits per heavy atom. The van der Waals surface area contributed by atoms with Gasteiger partial charge in [-0.1, -0.05) is 86.3 Å². The van der Waals surface area contributed by atoms with Crippen molar-refractivity contribution >= 4 is 11.6 Å². The first-order chi connectivity index (χ1) is 16.7. The van der Waals surface area contributed by atoms with Crippen molar-refractivity contribution in [1.82, 2.24) is 9.80 Å². The first-order valence-electron chi connectivity index (χ1n) is 13.4. The molecule has 0 aliphatic carbocycles. The van der Waals surface area contributed by atoms with Crippen molar-refractivity contribution < 1.29 is 9.59 Å². The number of hydrogen-bond donors (Lipinski definition) is 0. The summed E-state index contributed by atoms with van der Waals surface area (Å²) in [7, 11) is 0. The molecule has 2 heterocycles. The van der Waals surface area contributed by atoms with Gasteiger partial charge in [0.2, 0.25) is 0 Å². The van der Waals surface area contributed by atoms with Crippen LogP contribution in [0.4, 0.5) is 0 Å². The Bertz CT molecular complexity index is 811. The third-order valence-corrected chi connectivity index (χ3v) is 7.59. The fourth-order valence-corrected chi connectivity index (χ4v) is 5.68. The summed E-state index contributed by atoms with van der Waals surface area (Å²) in [6.07, 6.45) is 11.0. The maximum absolute atomic E-state index is 13.4. The van der Waals surface area contributed by atoms with Gasteiger partial charge in [-0.2, -0.15) is 0 Å². The van der Waals surface area contributed by atoms with Crippen LogP contribution in [0.25, 0.3) is 0 Å². The first-order valence-corrected chi connectivity index (χ1v) is 13.4. The van der Waals surface area contributed by atoms with Crippen molar-refractivity contribution in [2.45, 2.75) is 76.3 Å². The highest BCUT2D eigenvalue weighted by Gasteiger charge is 2.30. The predicted molar refractivity (Wildman–Crippen MR) is 138 cm³/mol. The van der Waals surface area contributed by atoms with Crippen molar-refractivity contribution in [2.75, 3.05) is 26.2 Å². The van der Waals surface area contributed by atoms with Gasteiger partial charge in [-0.15, -0.1) is 0 Å². The second kappa shape index (κ2) is 13.0. The number of hydrogen-bond acceptors (Lipinski definition) is 4. The van der Waals surface area contributed by atoms with Gasteiger partial charge in [0.25, 0.3) is 0 Å². The zero-order valence-corrected chi connectivity index (χ0v) is 20.5. The Hall–Kier alpha value is -2.30. The van der Waals surface area contributed by atoms with E-state index < -0.39 is 0 Å². The van der Waals surface area contributed by atoms with Crippen LogP contribution in [-0.2, 0) is 0 Å². The molecule has 4 heteroatoms. The normalized spacial score (nSPS) is 19.4. The second-order valence-electron chi connectivity index (χ2n) is 9.97. The van der Waals surface area contributed by atoms with Gasteiger partial charge in [-0.05, 0) is 64.7 Å². The van der Waals surface area contributed by atoms with Crippen molar-refractivity contribution in [1.29, 1.82) is 0 Å². The van der Waals surface area contributed by atoms with Crippen LogP contribution in [0.2, 0.25) is 0 Å². The minimum absolute atomic E-state index is 0.0408. The Balaban J connectivity index is 1.39. The molecular weight excluding hydrogens is 420 g/mol. The lowest BCUT2D eigenvalue weighted by molar-refractivity contribution is 0.0734. The van der Waals surface area contributed by atoms with E-state index in [9.17, 15) is 9.59 Å². The Morgan fingerprint density at radius 2 is 0.912 bits per heavy atom. The Labute approximate surface area is 205 Å². The fourth-order valence-electron chi connectivity index (χ4n) is 5.68. The summed E-state index contributed by atoms with van der Waals surface area (Å²) in [6, 6.07) is 19.5. The molecule has 0 spiro atoms. The molecule has 0 aromatic heterocycles. The molecule has 4 nitrogen and oxygen atoms in total. The molecule has 2 fully saturated rings. The summed E-state index contributed by atoms with van der Waals surface area (Å²) in [5.41, 5.74) is 1.65. The highest BCUT2D eigenvalue weighted by Crippen LogP contribution is 2.23. The van der Waals surface area contributed by atoms with E-state index >= 15 is 0 Å². The molecule has 2 aromatic carbocycles. The van der Waals surface area contributed by atoms with Gasteiger partial charge in [-0.25, -0.2) is 0 Å². The number of Topliss-reactive ketones (excluding diaryl/α,β-unsaturated/α-hetero) is 2. The lowest BCUT2D eigenvalue weighted by Crippen LogP contribution is -2.45. The maximum Gasteiger partial charge on any atom is 0.179 e. The van der Waals surface area contributed by atoms with E-state index in [2.05, 4.69) is 9.80 Å². The van der Waals surface area contributed by atoms with Crippen LogP contribution < -0.4 is 0 Å². The molecule has 2 saturated heterocycles.